The lowest BCUT2D eigenvalue weighted by molar-refractivity contribution is 0.584. The molecule has 0 fully saturated rings. The van der Waals surface area contributed by atoms with Crippen LogP contribution in [0.4, 0.5) is 0 Å². The molecule has 40 heavy (non-hydrogen) atoms. The van der Waals surface area contributed by atoms with Gasteiger partial charge in [-0.2, -0.15) is 0 Å². The molecule has 2 atom stereocenters. The molecule has 0 spiro atoms. The molecular weight excluding hydrogens is 512 g/mol. The number of benzene rings is 4. The molecule has 8 rings (SSSR count). The predicted molar refractivity (Wildman–Crippen MR) is 160 cm³/mol. The number of allylic oxidation sites excluding steroid dienone is 3. The third-order valence-electron chi connectivity index (χ3n) is 7.31. The van der Waals surface area contributed by atoms with Gasteiger partial charge in [0.1, 0.15) is 5.52 Å². The summed E-state index contributed by atoms with van der Waals surface area (Å²) in [4.78, 5) is 20.7. The van der Waals surface area contributed by atoms with Crippen LogP contribution < -0.4 is 0 Å². The van der Waals surface area contributed by atoms with Crippen LogP contribution in [0, 0.1) is 0 Å². The van der Waals surface area contributed by atoms with Crippen LogP contribution in [0.1, 0.15) is 17.4 Å². The average molecular weight is 535 g/mol. The van der Waals surface area contributed by atoms with Crippen molar-refractivity contribution in [1.29, 1.82) is 0 Å². The van der Waals surface area contributed by atoms with Crippen LogP contribution in [0.5, 0.6) is 0 Å². The van der Waals surface area contributed by atoms with Crippen molar-refractivity contribution >= 4 is 28.4 Å². The minimum Gasteiger partial charge on any atom is -0.436 e. The van der Waals surface area contributed by atoms with E-state index in [1.807, 2.05) is 96.7 Å². The number of oxazole rings is 1. The van der Waals surface area contributed by atoms with Crippen molar-refractivity contribution in [3.8, 4) is 34.2 Å². The first-order valence-corrected chi connectivity index (χ1v) is 14.1. The molecule has 190 valence electrons. The van der Waals surface area contributed by atoms with Crippen LogP contribution in [0.3, 0.4) is 0 Å². The maximum atomic E-state index is 6.08. The summed E-state index contributed by atoms with van der Waals surface area (Å²) >= 11 is 1.89. The second-order valence-corrected chi connectivity index (χ2v) is 11.1. The van der Waals surface area contributed by atoms with Gasteiger partial charge in [-0.25, -0.2) is 19.9 Å². The minimum atomic E-state index is 0.207. The molecule has 0 radical (unpaired) electrons. The summed E-state index contributed by atoms with van der Waals surface area (Å²) in [7, 11) is 0. The molecular formula is C34H22N4OS. The molecule has 0 amide bonds. The first-order valence-electron chi connectivity index (χ1n) is 13.2. The van der Waals surface area contributed by atoms with Gasteiger partial charge in [-0.3, -0.25) is 0 Å². The van der Waals surface area contributed by atoms with E-state index in [9.17, 15) is 0 Å². The van der Waals surface area contributed by atoms with Crippen LogP contribution in [0.25, 0.3) is 50.8 Å². The molecule has 0 saturated carbocycles. The molecule has 4 aromatic carbocycles. The predicted octanol–water partition coefficient (Wildman–Crippen LogP) is 8.23. The van der Waals surface area contributed by atoms with Crippen molar-refractivity contribution in [2.45, 2.75) is 16.1 Å². The van der Waals surface area contributed by atoms with Crippen LogP contribution in [0.15, 0.2) is 131 Å². The molecule has 2 aliphatic rings. The molecule has 0 bridgehead atoms. The van der Waals surface area contributed by atoms with Gasteiger partial charge >= 0.3 is 0 Å². The van der Waals surface area contributed by atoms with E-state index >= 15 is 0 Å². The largest absolute Gasteiger partial charge is 0.436 e. The summed E-state index contributed by atoms with van der Waals surface area (Å²) in [6.07, 6.45) is 6.69. The number of nitrogens with zero attached hydrogens (tertiary/aromatic N) is 4. The molecule has 0 N–H and O–H groups in total. The highest BCUT2D eigenvalue weighted by atomic mass is 32.2. The minimum absolute atomic E-state index is 0.207. The zero-order valence-corrected chi connectivity index (χ0v) is 22.1. The van der Waals surface area contributed by atoms with Crippen molar-refractivity contribution in [3.63, 3.8) is 0 Å². The number of hydrogen-bond acceptors (Lipinski definition) is 6. The Morgan fingerprint density at radius 3 is 1.98 bits per heavy atom. The topological polar surface area (TPSA) is 64.7 Å². The lowest BCUT2D eigenvalue weighted by Crippen LogP contribution is -2.09. The molecule has 1 aliphatic carbocycles. The number of thioether (sulfide) groups is 1. The van der Waals surface area contributed by atoms with E-state index in [0.29, 0.717) is 28.6 Å². The second kappa shape index (κ2) is 9.43. The van der Waals surface area contributed by atoms with Crippen LogP contribution in [-0.4, -0.2) is 25.2 Å². The van der Waals surface area contributed by atoms with Gasteiger partial charge in [0.25, 0.3) is 0 Å². The number of hydrogen-bond donors (Lipinski definition) is 0. The Bertz CT molecular complexity index is 1860. The second-order valence-electron chi connectivity index (χ2n) is 9.87. The first kappa shape index (κ1) is 23.1. The van der Waals surface area contributed by atoms with Gasteiger partial charge in [-0.05, 0) is 29.8 Å². The maximum Gasteiger partial charge on any atom is 0.226 e. The molecule has 2 aromatic heterocycles. The summed E-state index contributed by atoms with van der Waals surface area (Å²) < 4.78 is 6.08. The van der Waals surface area contributed by atoms with Gasteiger partial charge < -0.3 is 4.42 Å². The Labute approximate surface area is 235 Å². The SMILES string of the molecule is C1=CC2Sc3ccc(-c4nc(-c5ccccc5)nc(-c5ccccc5)n4)cc3C2C=C1c1nc2ccccc2o1. The quantitative estimate of drug-likeness (QED) is 0.227. The van der Waals surface area contributed by atoms with E-state index in [2.05, 4.69) is 36.4 Å². The van der Waals surface area contributed by atoms with Crippen LogP contribution in [-0.2, 0) is 0 Å². The highest BCUT2D eigenvalue weighted by molar-refractivity contribution is 8.00. The fourth-order valence-electron chi connectivity index (χ4n) is 5.32. The lowest BCUT2D eigenvalue weighted by Gasteiger charge is -2.18. The van der Waals surface area contributed by atoms with E-state index in [4.69, 9.17) is 24.4 Å². The number of aromatic nitrogens is 4. The molecule has 6 aromatic rings. The van der Waals surface area contributed by atoms with Gasteiger partial charge in [0.2, 0.25) is 5.89 Å². The molecule has 6 heteroatoms. The highest BCUT2D eigenvalue weighted by Crippen LogP contribution is 2.50. The summed E-state index contributed by atoms with van der Waals surface area (Å²) in [6.45, 7) is 0. The van der Waals surface area contributed by atoms with Gasteiger partial charge in [0, 0.05) is 38.3 Å². The molecule has 5 nitrogen and oxygen atoms in total. The molecule has 1 aliphatic heterocycles. The van der Waals surface area contributed by atoms with Crippen molar-refractivity contribution < 1.29 is 4.42 Å². The summed E-state index contributed by atoms with van der Waals surface area (Å²) in [5.41, 5.74) is 6.85. The Morgan fingerprint density at radius 2 is 1.27 bits per heavy atom. The van der Waals surface area contributed by atoms with Crippen LogP contribution >= 0.6 is 11.8 Å². The number of para-hydroxylation sites is 2. The monoisotopic (exact) mass is 534 g/mol. The van der Waals surface area contributed by atoms with Crippen LogP contribution in [0.2, 0.25) is 0 Å². The van der Waals surface area contributed by atoms with Crippen molar-refractivity contribution in [1.82, 2.24) is 19.9 Å². The zero-order chi connectivity index (χ0) is 26.5. The van der Waals surface area contributed by atoms with Crippen molar-refractivity contribution in [2.24, 2.45) is 0 Å². The normalized spacial score (nSPS) is 17.4. The highest BCUT2D eigenvalue weighted by Gasteiger charge is 2.33. The Kier molecular flexibility index (Phi) is 5.45. The number of rotatable bonds is 4. The van der Waals surface area contributed by atoms with E-state index < -0.39 is 0 Å². The third kappa shape index (κ3) is 4.05. The summed E-state index contributed by atoms with van der Waals surface area (Å²) in [5.74, 6) is 2.85. The Hall–Kier alpha value is -4.81. The van der Waals surface area contributed by atoms with Crippen molar-refractivity contribution in [2.75, 3.05) is 0 Å². The average Bonchev–Trinajstić information content (AvgIpc) is 3.63. The summed E-state index contributed by atoms with van der Waals surface area (Å²) in [6, 6.07) is 34.6. The van der Waals surface area contributed by atoms with Gasteiger partial charge in [0.05, 0.1) is 0 Å². The molecule has 2 unspecified atom stereocenters. The van der Waals surface area contributed by atoms with E-state index in [0.717, 1.165) is 33.4 Å². The van der Waals surface area contributed by atoms with Gasteiger partial charge in [0.15, 0.2) is 23.1 Å². The van der Waals surface area contributed by atoms with Gasteiger partial charge in [-0.1, -0.05) is 97.1 Å². The van der Waals surface area contributed by atoms with E-state index in [1.54, 1.807) is 0 Å². The lowest BCUT2D eigenvalue weighted by atomic mass is 9.88. The fraction of sp³-hybridized carbons (Fsp3) is 0.0588. The standard InChI is InChI=1S/C34H22N4OS/c1-3-9-21(10-4-1)31-36-32(22-11-5-2-6-12-22)38-33(37-31)23-15-17-29-25(19-23)26-20-24(16-18-30(26)40-29)34-35-27-13-7-8-14-28(27)39-34/h1-20,26,30H. The van der Waals surface area contributed by atoms with E-state index in [-0.39, 0.29) is 5.92 Å². The Morgan fingerprint density at radius 1 is 0.625 bits per heavy atom. The first-order chi connectivity index (χ1) is 19.8. The number of fused-ring (bicyclic) bond motifs is 4. The third-order valence-corrected chi connectivity index (χ3v) is 8.66. The zero-order valence-electron chi connectivity index (χ0n) is 21.3. The molecule has 3 heterocycles. The Balaban J connectivity index is 1.21. The molecule has 0 saturated heterocycles. The van der Waals surface area contributed by atoms with E-state index in [1.165, 1.54) is 10.5 Å². The smallest absolute Gasteiger partial charge is 0.226 e. The summed E-state index contributed by atoms with van der Waals surface area (Å²) in [5, 5.41) is 0.330. The maximum absolute atomic E-state index is 6.08. The van der Waals surface area contributed by atoms with Gasteiger partial charge in [-0.15, -0.1) is 11.8 Å². The fourth-order valence-corrected chi connectivity index (χ4v) is 6.62. The van der Waals surface area contributed by atoms with Crippen molar-refractivity contribution in [3.05, 3.63) is 133 Å².